The minimum atomic E-state index is -0.387. The third-order valence-corrected chi connectivity index (χ3v) is 2.96. The molecule has 3 nitrogen and oxygen atoms in total. The Balaban J connectivity index is 2.17. The lowest BCUT2D eigenvalue weighted by molar-refractivity contribution is 0.625. The Kier molecular flexibility index (Phi) is 4.21. The maximum absolute atomic E-state index is 13.4. The Bertz CT molecular complexity index is 644. The monoisotopic (exact) mass is 269 g/mol. The molecule has 0 heterocycles. The molecule has 0 aliphatic rings. The summed E-state index contributed by atoms with van der Waals surface area (Å²) < 4.78 is 13.4. The zero-order valence-electron chi connectivity index (χ0n) is 11.5. The van der Waals surface area contributed by atoms with Crippen LogP contribution in [0, 0.1) is 17.1 Å². The molecular weight excluding hydrogens is 253 g/mol. The Morgan fingerprint density at radius 1 is 1.20 bits per heavy atom. The molecule has 2 rings (SSSR count). The highest BCUT2D eigenvalue weighted by Crippen LogP contribution is 2.24. The van der Waals surface area contributed by atoms with Crippen LogP contribution >= 0.6 is 0 Å². The van der Waals surface area contributed by atoms with Crippen LogP contribution in [-0.2, 0) is 6.54 Å². The average molecular weight is 269 g/mol. The van der Waals surface area contributed by atoms with E-state index in [9.17, 15) is 4.39 Å². The van der Waals surface area contributed by atoms with Crippen LogP contribution in [0.1, 0.15) is 11.1 Å². The first-order valence-corrected chi connectivity index (χ1v) is 6.30. The van der Waals surface area contributed by atoms with E-state index >= 15 is 0 Å². The molecule has 0 fully saturated rings. The van der Waals surface area contributed by atoms with E-state index in [0.29, 0.717) is 12.1 Å². The van der Waals surface area contributed by atoms with E-state index in [1.807, 2.05) is 49.3 Å². The molecule has 0 amide bonds. The molecule has 2 aromatic carbocycles. The lowest BCUT2D eigenvalue weighted by atomic mass is 10.1. The number of nitrogens with one attached hydrogen (secondary N) is 1. The van der Waals surface area contributed by atoms with E-state index < -0.39 is 0 Å². The Morgan fingerprint density at radius 3 is 2.65 bits per heavy atom. The number of anilines is 2. The predicted molar refractivity (Wildman–Crippen MR) is 79.2 cm³/mol. The first kappa shape index (κ1) is 13.9. The topological polar surface area (TPSA) is 39.1 Å². The van der Waals surface area contributed by atoms with Gasteiger partial charge in [-0.15, -0.1) is 0 Å². The molecule has 0 bridgehead atoms. The molecule has 0 aromatic heterocycles. The minimum Gasteiger partial charge on any atom is -0.379 e. The van der Waals surface area contributed by atoms with Gasteiger partial charge in [0.2, 0.25) is 0 Å². The van der Waals surface area contributed by atoms with E-state index in [1.165, 1.54) is 12.1 Å². The first-order chi connectivity index (χ1) is 9.60. The summed E-state index contributed by atoms with van der Waals surface area (Å²) in [5, 5.41) is 12.1. The second-order valence-electron chi connectivity index (χ2n) is 4.73. The van der Waals surface area contributed by atoms with Gasteiger partial charge in [-0.3, -0.25) is 0 Å². The SMILES string of the molecule is CN(C)c1ccccc1NCc1cc(F)cc(C#N)c1. The van der Waals surface area contributed by atoms with Gasteiger partial charge in [0.15, 0.2) is 0 Å². The maximum Gasteiger partial charge on any atom is 0.124 e. The molecule has 4 heteroatoms. The number of benzene rings is 2. The lowest BCUT2D eigenvalue weighted by Crippen LogP contribution is -2.12. The molecule has 102 valence electrons. The van der Waals surface area contributed by atoms with Crippen LogP contribution in [0.5, 0.6) is 0 Å². The van der Waals surface area contributed by atoms with Gasteiger partial charge in [0, 0.05) is 20.6 Å². The van der Waals surface area contributed by atoms with Crippen molar-refractivity contribution in [2.75, 3.05) is 24.3 Å². The molecule has 0 aliphatic carbocycles. The zero-order chi connectivity index (χ0) is 14.5. The number of hydrogen-bond donors (Lipinski definition) is 1. The van der Waals surface area contributed by atoms with Crippen molar-refractivity contribution in [3.05, 3.63) is 59.4 Å². The number of para-hydroxylation sites is 2. The highest BCUT2D eigenvalue weighted by Gasteiger charge is 2.04. The fraction of sp³-hybridized carbons (Fsp3) is 0.188. The zero-order valence-corrected chi connectivity index (χ0v) is 11.5. The van der Waals surface area contributed by atoms with E-state index in [2.05, 4.69) is 5.32 Å². The van der Waals surface area contributed by atoms with Gasteiger partial charge in [-0.1, -0.05) is 12.1 Å². The van der Waals surface area contributed by atoms with Gasteiger partial charge < -0.3 is 10.2 Å². The van der Waals surface area contributed by atoms with Crippen LogP contribution in [0.2, 0.25) is 0 Å². The normalized spacial score (nSPS) is 9.90. The molecule has 0 saturated carbocycles. The summed E-state index contributed by atoms with van der Waals surface area (Å²) in [5.41, 5.74) is 3.11. The summed E-state index contributed by atoms with van der Waals surface area (Å²) in [5.74, 6) is -0.387. The second-order valence-corrected chi connectivity index (χ2v) is 4.73. The number of rotatable bonds is 4. The number of nitrogens with zero attached hydrogens (tertiary/aromatic N) is 2. The molecule has 2 aromatic rings. The smallest absolute Gasteiger partial charge is 0.124 e. The molecule has 0 radical (unpaired) electrons. The van der Waals surface area contributed by atoms with E-state index in [4.69, 9.17) is 5.26 Å². The summed E-state index contributed by atoms with van der Waals surface area (Å²) in [6, 6.07) is 14.2. The standard InChI is InChI=1S/C16H16FN3/c1-20(2)16-6-4-3-5-15(16)19-11-13-7-12(10-18)8-14(17)9-13/h3-9,19H,11H2,1-2H3. The Morgan fingerprint density at radius 2 is 1.95 bits per heavy atom. The molecule has 0 atom stereocenters. The van der Waals surface area contributed by atoms with Gasteiger partial charge in [0.05, 0.1) is 23.0 Å². The third-order valence-electron chi connectivity index (χ3n) is 2.96. The van der Waals surface area contributed by atoms with Crippen LogP contribution < -0.4 is 10.2 Å². The fourth-order valence-electron chi connectivity index (χ4n) is 2.03. The van der Waals surface area contributed by atoms with Crippen LogP contribution in [0.25, 0.3) is 0 Å². The van der Waals surface area contributed by atoms with Crippen LogP contribution in [-0.4, -0.2) is 14.1 Å². The van der Waals surface area contributed by atoms with Gasteiger partial charge in [-0.05, 0) is 35.9 Å². The summed E-state index contributed by atoms with van der Waals surface area (Å²) in [6.07, 6.45) is 0. The summed E-state index contributed by atoms with van der Waals surface area (Å²) in [6.45, 7) is 0.470. The largest absolute Gasteiger partial charge is 0.379 e. The quantitative estimate of drug-likeness (QED) is 0.924. The van der Waals surface area contributed by atoms with Gasteiger partial charge in [0.1, 0.15) is 5.82 Å². The summed E-state index contributed by atoms with van der Waals surface area (Å²) in [7, 11) is 3.94. The molecule has 0 unspecified atom stereocenters. The molecule has 0 spiro atoms. The second kappa shape index (κ2) is 6.07. The Labute approximate surface area is 118 Å². The minimum absolute atomic E-state index is 0.336. The first-order valence-electron chi connectivity index (χ1n) is 6.30. The van der Waals surface area contributed by atoms with Gasteiger partial charge >= 0.3 is 0 Å². The van der Waals surface area contributed by atoms with Crippen molar-refractivity contribution < 1.29 is 4.39 Å². The number of hydrogen-bond acceptors (Lipinski definition) is 3. The van der Waals surface area contributed by atoms with Crippen molar-refractivity contribution >= 4 is 11.4 Å². The number of nitriles is 1. The van der Waals surface area contributed by atoms with Crippen molar-refractivity contribution in [3.63, 3.8) is 0 Å². The predicted octanol–water partition coefficient (Wildman–Crippen LogP) is 3.38. The average Bonchev–Trinajstić information content (AvgIpc) is 2.44. The van der Waals surface area contributed by atoms with Crippen LogP contribution in [0.15, 0.2) is 42.5 Å². The van der Waals surface area contributed by atoms with E-state index in [0.717, 1.165) is 16.9 Å². The van der Waals surface area contributed by atoms with Crippen LogP contribution in [0.3, 0.4) is 0 Å². The lowest BCUT2D eigenvalue weighted by Gasteiger charge is -2.18. The van der Waals surface area contributed by atoms with E-state index in [1.54, 1.807) is 6.07 Å². The van der Waals surface area contributed by atoms with Gasteiger partial charge in [-0.25, -0.2) is 4.39 Å². The highest BCUT2D eigenvalue weighted by atomic mass is 19.1. The highest BCUT2D eigenvalue weighted by molar-refractivity contribution is 5.69. The summed E-state index contributed by atoms with van der Waals surface area (Å²) in [4.78, 5) is 2.01. The summed E-state index contributed by atoms with van der Waals surface area (Å²) >= 11 is 0. The number of halogens is 1. The van der Waals surface area contributed by atoms with Crippen LogP contribution in [0.4, 0.5) is 15.8 Å². The molecule has 0 saturated heterocycles. The molecule has 20 heavy (non-hydrogen) atoms. The van der Waals surface area contributed by atoms with Crippen molar-refractivity contribution in [1.29, 1.82) is 5.26 Å². The third kappa shape index (κ3) is 3.27. The van der Waals surface area contributed by atoms with Crippen molar-refractivity contribution in [2.45, 2.75) is 6.54 Å². The molecular formula is C16H16FN3. The van der Waals surface area contributed by atoms with Crippen molar-refractivity contribution in [2.24, 2.45) is 0 Å². The molecule has 1 N–H and O–H groups in total. The maximum atomic E-state index is 13.4. The van der Waals surface area contributed by atoms with Crippen molar-refractivity contribution in [3.8, 4) is 6.07 Å². The molecule has 0 aliphatic heterocycles. The van der Waals surface area contributed by atoms with Gasteiger partial charge in [-0.2, -0.15) is 5.26 Å². The van der Waals surface area contributed by atoms with E-state index in [-0.39, 0.29) is 5.82 Å². The fourth-order valence-corrected chi connectivity index (χ4v) is 2.03. The van der Waals surface area contributed by atoms with Gasteiger partial charge in [0.25, 0.3) is 0 Å². The Hall–Kier alpha value is -2.54. The van der Waals surface area contributed by atoms with Crippen molar-refractivity contribution in [1.82, 2.24) is 0 Å².